The fraction of sp³-hybridized carbons (Fsp3) is 0.667. The third-order valence-electron chi connectivity index (χ3n) is 3.18. The summed E-state index contributed by atoms with van der Waals surface area (Å²) >= 11 is 1.01. The molecule has 2 unspecified atom stereocenters. The first kappa shape index (κ1) is 16.5. The molecule has 1 amide bonds. The Morgan fingerprint density at radius 1 is 1.20 bits per heavy atom. The van der Waals surface area contributed by atoms with Gasteiger partial charge in [-0.3, -0.25) is 14.4 Å². The monoisotopic (exact) mass is 303 g/mol. The molecule has 0 spiro atoms. The summed E-state index contributed by atoms with van der Waals surface area (Å²) in [6.45, 7) is 1.52. The molecule has 0 aromatic heterocycles. The van der Waals surface area contributed by atoms with Crippen molar-refractivity contribution in [2.24, 2.45) is 5.92 Å². The summed E-state index contributed by atoms with van der Waals surface area (Å²) < 4.78 is 0. The lowest BCUT2D eigenvalue weighted by atomic mass is 9.90. The zero-order valence-electron chi connectivity index (χ0n) is 11.1. The molecule has 1 fully saturated rings. The second-order valence-corrected chi connectivity index (χ2v) is 5.86. The van der Waals surface area contributed by atoms with Gasteiger partial charge < -0.3 is 15.1 Å². The number of thioether (sulfide) groups is 1. The Morgan fingerprint density at radius 3 is 2.35 bits per heavy atom. The van der Waals surface area contributed by atoms with Crippen LogP contribution in [0.1, 0.15) is 26.2 Å². The molecular formula is C12H17NO6S. The smallest absolute Gasteiger partial charge is 0.326 e. The van der Waals surface area contributed by atoms with Gasteiger partial charge in [-0.2, -0.15) is 0 Å². The maximum Gasteiger partial charge on any atom is 0.326 e. The van der Waals surface area contributed by atoms with E-state index in [2.05, 4.69) is 0 Å². The van der Waals surface area contributed by atoms with Gasteiger partial charge in [0.25, 0.3) is 0 Å². The van der Waals surface area contributed by atoms with Crippen molar-refractivity contribution in [3.63, 3.8) is 0 Å². The normalized spacial score (nSPS) is 22.4. The molecule has 1 aliphatic heterocycles. The van der Waals surface area contributed by atoms with Crippen LogP contribution in [0.15, 0.2) is 0 Å². The van der Waals surface area contributed by atoms with Crippen LogP contribution in [0.3, 0.4) is 0 Å². The van der Waals surface area contributed by atoms with Crippen molar-refractivity contribution >= 4 is 34.7 Å². The summed E-state index contributed by atoms with van der Waals surface area (Å²) in [5.41, 5.74) is 0. The standard InChI is InChI=1S/C12H17NO6S/c1-7(14)20-5-3-10(15)13-4-2-8(11(16)17)6-9(13)12(18)19/h8-9H,2-6H2,1H3,(H,16,17)(H,18,19). The van der Waals surface area contributed by atoms with Gasteiger partial charge in [0, 0.05) is 25.6 Å². The summed E-state index contributed by atoms with van der Waals surface area (Å²) in [5, 5.41) is 18.0. The molecule has 0 bridgehead atoms. The van der Waals surface area contributed by atoms with E-state index >= 15 is 0 Å². The van der Waals surface area contributed by atoms with Crippen LogP contribution in [0.5, 0.6) is 0 Å². The molecule has 2 atom stereocenters. The highest BCUT2D eigenvalue weighted by atomic mass is 32.2. The molecule has 7 nitrogen and oxygen atoms in total. The molecule has 0 aromatic rings. The quantitative estimate of drug-likeness (QED) is 0.757. The molecule has 0 radical (unpaired) electrons. The van der Waals surface area contributed by atoms with Gasteiger partial charge in [0.15, 0.2) is 5.12 Å². The van der Waals surface area contributed by atoms with E-state index in [1.165, 1.54) is 11.8 Å². The van der Waals surface area contributed by atoms with Gasteiger partial charge in [-0.15, -0.1) is 0 Å². The summed E-state index contributed by atoms with van der Waals surface area (Å²) in [5.74, 6) is -3.00. The largest absolute Gasteiger partial charge is 0.481 e. The first-order valence-corrected chi connectivity index (χ1v) is 7.20. The fourth-order valence-electron chi connectivity index (χ4n) is 2.15. The van der Waals surface area contributed by atoms with Crippen LogP contribution in [0, 0.1) is 5.92 Å². The van der Waals surface area contributed by atoms with Gasteiger partial charge >= 0.3 is 11.9 Å². The van der Waals surface area contributed by atoms with E-state index in [1.54, 1.807) is 0 Å². The minimum atomic E-state index is -1.19. The summed E-state index contributed by atoms with van der Waals surface area (Å²) in [4.78, 5) is 46.0. The molecule has 8 heteroatoms. The summed E-state index contributed by atoms with van der Waals surface area (Å²) in [6, 6.07) is -1.10. The predicted molar refractivity (Wildman–Crippen MR) is 71.3 cm³/mol. The van der Waals surface area contributed by atoms with Crippen molar-refractivity contribution in [3.05, 3.63) is 0 Å². The average molecular weight is 303 g/mol. The Kier molecular flexibility index (Phi) is 6.00. The van der Waals surface area contributed by atoms with E-state index < -0.39 is 23.9 Å². The minimum Gasteiger partial charge on any atom is -0.481 e. The molecule has 0 aliphatic carbocycles. The number of hydrogen-bond donors (Lipinski definition) is 2. The maximum atomic E-state index is 12.0. The molecule has 1 aliphatic rings. The van der Waals surface area contributed by atoms with Crippen LogP contribution in [0.2, 0.25) is 0 Å². The number of likely N-dealkylation sites (tertiary alicyclic amines) is 1. The molecule has 1 saturated heterocycles. The van der Waals surface area contributed by atoms with Gasteiger partial charge in [0.05, 0.1) is 5.92 Å². The molecule has 112 valence electrons. The molecule has 0 saturated carbocycles. The number of amides is 1. The molecule has 1 rings (SSSR count). The van der Waals surface area contributed by atoms with Crippen LogP contribution in [0.25, 0.3) is 0 Å². The zero-order chi connectivity index (χ0) is 15.3. The van der Waals surface area contributed by atoms with Crippen LogP contribution in [0.4, 0.5) is 0 Å². The first-order valence-electron chi connectivity index (χ1n) is 6.21. The van der Waals surface area contributed by atoms with Gasteiger partial charge in [0.1, 0.15) is 6.04 Å². The van der Waals surface area contributed by atoms with Crippen molar-refractivity contribution in [3.8, 4) is 0 Å². The highest BCUT2D eigenvalue weighted by Gasteiger charge is 2.38. The van der Waals surface area contributed by atoms with E-state index in [0.717, 1.165) is 11.8 Å². The predicted octanol–water partition coefficient (Wildman–Crippen LogP) is 0.433. The Bertz CT molecular complexity index is 424. The number of hydrogen-bond acceptors (Lipinski definition) is 5. The number of carboxylic acid groups (broad SMARTS) is 2. The molecule has 0 aromatic carbocycles. The van der Waals surface area contributed by atoms with Crippen LogP contribution >= 0.6 is 11.8 Å². The van der Waals surface area contributed by atoms with Gasteiger partial charge in [-0.05, 0) is 12.8 Å². The van der Waals surface area contributed by atoms with E-state index in [9.17, 15) is 19.2 Å². The van der Waals surface area contributed by atoms with Crippen LogP contribution < -0.4 is 0 Å². The second kappa shape index (κ2) is 7.28. The Labute approximate surface area is 120 Å². The Morgan fingerprint density at radius 2 is 1.85 bits per heavy atom. The third-order valence-corrected chi connectivity index (χ3v) is 3.99. The zero-order valence-corrected chi connectivity index (χ0v) is 11.9. The topological polar surface area (TPSA) is 112 Å². The molecular weight excluding hydrogens is 286 g/mol. The summed E-state index contributed by atoms with van der Waals surface area (Å²) in [6.07, 6.45) is 0.257. The number of nitrogens with zero attached hydrogens (tertiary/aromatic N) is 1. The molecule has 20 heavy (non-hydrogen) atoms. The number of piperidine rings is 1. The maximum absolute atomic E-state index is 12.0. The van der Waals surface area contributed by atoms with E-state index in [4.69, 9.17) is 10.2 Å². The lowest BCUT2D eigenvalue weighted by Crippen LogP contribution is -2.51. The van der Waals surface area contributed by atoms with Gasteiger partial charge in [0.2, 0.25) is 5.91 Å². The van der Waals surface area contributed by atoms with Crippen molar-refractivity contribution < 1.29 is 29.4 Å². The first-order chi connectivity index (χ1) is 9.32. The second-order valence-electron chi connectivity index (χ2n) is 4.59. The highest BCUT2D eigenvalue weighted by Crippen LogP contribution is 2.24. The number of carbonyl (C=O) groups is 4. The minimum absolute atomic E-state index is 0.0732. The van der Waals surface area contributed by atoms with E-state index in [1.807, 2.05) is 0 Å². The number of carbonyl (C=O) groups excluding carboxylic acids is 2. The molecule has 2 N–H and O–H groups in total. The Hall–Kier alpha value is -1.57. The van der Waals surface area contributed by atoms with E-state index in [-0.39, 0.29) is 36.8 Å². The lowest BCUT2D eigenvalue weighted by Gasteiger charge is -2.35. The molecule has 1 heterocycles. The lowest BCUT2D eigenvalue weighted by molar-refractivity contribution is -0.156. The Balaban J connectivity index is 2.63. The van der Waals surface area contributed by atoms with Crippen molar-refractivity contribution in [1.29, 1.82) is 0 Å². The highest BCUT2D eigenvalue weighted by molar-refractivity contribution is 8.13. The van der Waals surface area contributed by atoms with Gasteiger partial charge in [-0.25, -0.2) is 4.79 Å². The average Bonchev–Trinajstić information content (AvgIpc) is 2.37. The van der Waals surface area contributed by atoms with Crippen molar-refractivity contribution in [2.75, 3.05) is 12.3 Å². The van der Waals surface area contributed by atoms with Crippen LogP contribution in [-0.2, 0) is 19.2 Å². The van der Waals surface area contributed by atoms with E-state index in [0.29, 0.717) is 5.75 Å². The number of aliphatic carboxylic acids is 2. The van der Waals surface area contributed by atoms with Crippen molar-refractivity contribution in [1.82, 2.24) is 4.90 Å². The van der Waals surface area contributed by atoms with Gasteiger partial charge in [-0.1, -0.05) is 11.8 Å². The number of carboxylic acids is 2. The SMILES string of the molecule is CC(=O)SCCC(=O)N1CCC(C(=O)O)CC1C(=O)O. The third kappa shape index (κ3) is 4.52. The summed E-state index contributed by atoms with van der Waals surface area (Å²) in [7, 11) is 0. The number of rotatable bonds is 5. The van der Waals surface area contributed by atoms with Crippen LogP contribution in [-0.4, -0.2) is 56.4 Å². The van der Waals surface area contributed by atoms with Crippen molar-refractivity contribution in [2.45, 2.75) is 32.2 Å². The fourth-order valence-corrected chi connectivity index (χ4v) is 2.71.